The van der Waals surface area contributed by atoms with Crippen molar-refractivity contribution in [2.24, 2.45) is 0 Å². The predicted octanol–water partition coefficient (Wildman–Crippen LogP) is 4.67. The Hall–Kier alpha value is -2.09. The van der Waals surface area contributed by atoms with Gasteiger partial charge in [-0.25, -0.2) is 4.74 Å². The van der Waals surface area contributed by atoms with Gasteiger partial charge in [-0.3, -0.25) is 0 Å². The quantitative estimate of drug-likeness (QED) is 0.342. The summed E-state index contributed by atoms with van der Waals surface area (Å²) in [4.78, 5) is 0.684. The van der Waals surface area contributed by atoms with E-state index in [0.717, 1.165) is 4.74 Å². The normalized spacial score (nSPS) is 12.7. The van der Waals surface area contributed by atoms with Crippen LogP contribution >= 0.6 is 11.8 Å². The highest BCUT2D eigenvalue weighted by Gasteiger charge is 2.30. The zero-order chi connectivity index (χ0) is 17.0. The van der Waals surface area contributed by atoms with Crippen LogP contribution in [-0.2, 0) is 0 Å². The largest absolute Gasteiger partial charge is 0.624 e. The zero-order valence-electron chi connectivity index (χ0n) is 12.3. The van der Waals surface area contributed by atoms with Crippen LogP contribution in [0.1, 0.15) is 19.6 Å². The molecular formula is C15H14F3NO3S. The van der Waals surface area contributed by atoms with Gasteiger partial charge in [0.2, 0.25) is 6.21 Å². The second-order valence-corrected chi connectivity index (χ2v) is 5.94. The average molecular weight is 345 g/mol. The molecule has 0 unspecified atom stereocenters. The number of alkyl halides is 3. The maximum atomic E-state index is 12.1. The number of hydrogen-bond donors (Lipinski definition) is 0. The van der Waals surface area contributed by atoms with E-state index >= 15 is 0 Å². The lowest BCUT2D eigenvalue weighted by Gasteiger charge is -2.08. The van der Waals surface area contributed by atoms with Crippen molar-refractivity contribution in [3.05, 3.63) is 47.4 Å². The Kier molecular flexibility index (Phi) is 5.25. The fraction of sp³-hybridized carbons (Fsp3) is 0.267. The standard InChI is InChI=1S/C15H14F3NO3S/c1-10(2)19(20)9-12-5-8-14(21-12)23-13-6-3-11(4-7-13)22-15(16,17)18/h3-10H,1-2H3. The van der Waals surface area contributed by atoms with Gasteiger partial charge >= 0.3 is 6.36 Å². The van der Waals surface area contributed by atoms with Gasteiger partial charge in [0.05, 0.1) is 0 Å². The minimum Gasteiger partial charge on any atom is -0.624 e. The van der Waals surface area contributed by atoms with Crippen molar-refractivity contribution in [2.75, 3.05) is 0 Å². The number of nitrogens with zero attached hydrogens (tertiary/aromatic N) is 1. The predicted molar refractivity (Wildman–Crippen MR) is 79.9 cm³/mol. The molecule has 0 saturated carbocycles. The molecule has 124 valence electrons. The number of hydrogen-bond acceptors (Lipinski definition) is 4. The first-order chi connectivity index (χ1) is 10.7. The Morgan fingerprint density at radius 3 is 2.39 bits per heavy atom. The lowest BCUT2D eigenvalue weighted by molar-refractivity contribution is -0.487. The fourth-order valence-corrected chi connectivity index (χ4v) is 2.34. The summed E-state index contributed by atoms with van der Waals surface area (Å²) in [5.74, 6) is 0.127. The van der Waals surface area contributed by atoms with Crippen molar-refractivity contribution < 1.29 is 27.1 Å². The number of ether oxygens (including phenoxy) is 1. The molecule has 0 aliphatic rings. The molecule has 8 heteroatoms. The second-order valence-electron chi connectivity index (χ2n) is 4.86. The van der Waals surface area contributed by atoms with Crippen LogP contribution < -0.4 is 4.74 Å². The summed E-state index contributed by atoms with van der Waals surface area (Å²) >= 11 is 1.23. The van der Waals surface area contributed by atoms with Gasteiger partial charge in [0.25, 0.3) is 0 Å². The van der Waals surface area contributed by atoms with Crippen molar-refractivity contribution in [3.63, 3.8) is 0 Å². The van der Waals surface area contributed by atoms with Crippen LogP contribution in [0.3, 0.4) is 0 Å². The summed E-state index contributed by atoms with van der Waals surface area (Å²) < 4.78 is 46.3. The first kappa shape index (κ1) is 17.3. The lowest BCUT2D eigenvalue weighted by Crippen LogP contribution is -2.16. The van der Waals surface area contributed by atoms with Crippen molar-refractivity contribution in [1.82, 2.24) is 0 Å². The van der Waals surface area contributed by atoms with E-state index in [1.165, 1.54) is 42.2 Å². The third-order valence-corrected chi connectivity index (χ3v) is 3.57. The van der Waals surface area contributed by atoms with Crippen LogP contribution in [-0.4, -0.2) is 23.4 Å². The molecule has 4 nitrogen and oxygen atoms in total. The second kappa shape index (κ2) is 6.99. The van der Waals surface area contributed by atoms with Crippen molar-refractivity contribution in [2.45, 2.75) is 36.2 Å². The number of furan rings is 1. The SMILES string of the molecule is CC(C)[N+]([O-])=Cc1ccc(Sc2ccc(OC(F)(F)F)cc2)o1. The third-order valence-electron chi connectivity index (χ3n) is 2.64. The molecule has 0 spiro atoms. The number of hydroxylamine groups is 1. The minimum absolute atomic E-state index is 0.197. The van der Waals surface area contributed by atoms with Gasteiger partial charge in [-0.1, -0.05) is 11.8 Å². The van der Waals surface area contributed by atoms with Crippen molar-refractivity contribution in [3.8, 4) is 5.75 Å². The van der Waals surface area contributed by atoms with Crippen molar-refractivity contribution in [1.29, 1.82) is 0 Å². The Morgan fingerprint density at radius 2 is 1.83 bits per heavy atom. The zero-order valence-corrected chi connectivity index (χ0v) is 13.1. The molecule has 0 amide bonds. The Labute approximate surface area is 135 Å². The van der Waals surface area contributed by atoms with Gasteiger partial charge in [-0.15, -0.1) is 13.2 Å². The highest BCUT2D eigenvalue weighted by molar-refractivity contribution is 7.99. The molecule has 0 atom stereocenters. The summed E-state index contributed by atoms with van der Waals surface area (Å²) in [7, 11) is 0. The van der Waals surface area contributed by atoms with Gasteiger partial charge in [0, 0.05) is 4.90 Å². The van der Waals surface area contributed by atoms with E-state index < -0.39 is 6.36 Å². The summed E-state index contributed by atoms with van der Waals surface area (Å²) in [5.41, 5.74) is 0. The molecule has 0 radical (unpaired) electrons. The molecule has 0 bridgehead atoms. The smallest absolute Gasteiger partial charge is 0.573 e. The van der Waals surface area contributed by atoms with E-state index in [2.05, 4.69) is 4.74 Å². The van der Waals surface area contributed by atoms with E-state index in [9.17, 15) is 18.4 Å². The molecule has 0 N–H and O–H groups in total. The highest BCUT2D eigenvalue weighted by Crippen LogP contribution is 2.31. The number of rotatable bonds is 5. The molecule has 0 aliphatic carbocycles. The molecule has 0 saturated heterocycles. The van der Waals surface area contributed by atoms with Gasteiger partial charge in [0.15, 0.2) is 16.9 Å². The molecule has 23 heavy (non-hydrogen) atoms. The average Bonchev–Trinajstić information content (AvgIpc) is 2.86. The van der Waals surface area contributed by atoms with Crippen LogP contribution in [0.4, 0.5) is 13.2 Å². The van der Waals surface area contributed by atoms with Crippen LogP contribution in [0.15, 0.2) is 50.8 Å². The summed E-state index contributed by atoms with van der Waals surface area (Å²) in [6.07, 6.45) is -3.37. The van der Waals surface area contributed by atoms with Crippen LogP contribution in [0.25, 0.3) is 0 Å². The van der Waals surface area contributed by atoms with Gasteiger partial charge in [-0.05, 0) is 50.2 Å². The molecule has 2 aromatic rings. The molecule has 0 fully saturated rings. The first-order valence-corrected chi connectivity index (χ1v) is 7.48. The minimum atomic E-state index is -4.71. The molecule has 2 rings (SSSR count). The van der Waals surface area contributed by atoms with Gasteiger partial charge < -0.3 is 14.4 Å². The molecule has 1 aromatic carbocycles. The van der Waals surface area contributed by atoms with Crippen LogP contribution in [0.2, 0.25) is 0 Å². The molecular weight excluding hydrogens is 331 g/mol. The van der Waals surface area contributed by atoms with Gasteiger partial charge in [0.1, 0.15) is 5.75 Å². The molecule has 0 aliphatic heterocycles. The number of halogens is 3. The van der Waals surface area contributed by atoms with Gasteiger partial charge in [-0.2, -0.15) is 0 Å². The topological polar surface area (TPSA) is 48.4 Å². The fourth-order valence-electron chi connectivity index (χ4n) is 1.56. The summed E-state index contributed by atoms with van der Waals surface area (Å²) in [6, 6.07) is 8.57. The third kappa shape index (κ3) is 5.55. The summed E-state index contributed by atoms with van der Waals surface area (Å²) in [5, 5.41) is 12.0. The monoisotopic (exact) mass is 345 g/mol. The lowest BCUT2D eigenvalue weighted by atomic mass is 10.3. The van der Waals surface area contributed by atoms with E-state index in [-0.39, 0.29) is 11.8 Å². The first-order valence-electron chi connectivity index (χ1n) is 6.67. The van der Waals surface area contributed by atoms with Crippen LogP contribution in [0.5, 0.6) is 5.75 Å². The maximum Gasteiger partial charge on any atom is 0.573 e. The number of benzene rings is 1. The van der Waals surface area contributed by atoms with E-state index in [4.69, 9.17) is 4.42 Å². The highest BCUT2D eigenvalue weighted by atomic mass is 32.2. The maximum absolute atomic E-state index is 12.1. The Bertz CT molecular complexity index is 678. The molecule has 1 aromatic heterocycles. The van der Waals surface area contributed by atoms with E-state index in [0.29, 0.717) is 15.7 Å². The van der Waals surface area contributed by atoms with E-state index in [1.807, 2.05) is 0 Å². The van der Waals surface area contributed by atoms with E-state index in [1.54, 1.807) is 26.0 Å². The Morgan fingerprint density at radius 1 is 1.17 bits per heavy atom. The van der Waals surface area contributed by atoms with Crippen LogP contribution in [0, 0.1) is 5.21 Å². The summed E-state index contributed by atoms with van der Waals surface area (Å²) in [6.45, 7) is 3.51. The van der Waals surface area contributed by atoms with Crippen molar-refractivity contribution >= 4 is 18.0 Å². The Balaban J connectivity index is 2.03. The molecule has 1 heterocycles.